The number of aryl methyl sites for hydroxylation is 1. The molecule has 3 N–H and O–H groups in total. The van der Waals surface area contributed by atoms with Gasteiger partial charge in [0.15, 0.2) is 0 Å². The lowest BCUT2D eigenvalue weighted by Crippen LogP contribution is -2.50. The SMILES string of the molecule is CCn1cc(S(=O)(=O)NC(C)(C)C(C)O)cc1C(=O)O. The van der Waals surface area contributed by atoms with Gasteiger partial charge in [0.2, 0.25) is 10.0 Å². The molecule has 0 bridgehead atoms. The van der Waals surface area contributed by atoms with Crippen LogP contribution in [0.4, 0.5) is 0 Å². The largest absolute Gasteiger partial charge is 0.477 e. The minimum atomic E-state index is -3.90. The van der Waals surface area contributed by atoms with Crippen molar-refractivity contribution in [1.82, 2.24) is 9.29 Å². The van der Waals surface area contributed by atoms with E-state index >= 15 is 0 Å². The number of carboxylic acids is 1. The molecule has 0 amide bonds. The van der Waals surface area contributed by atoms with E-state index in [-0.39, 0.29) is 10.6 Å². The number of aromatic nitrogens is 1. The van der Waals surface area contributed by atoms with E-state index in [2.05, 4.69) is 4.72 Å². The molecule has 1 unspecified atom stereocenters. The molecule has 0 aliphatic heterocycles. The quantitative estimate of drug-likeness (QED) is 0.715. The molecule has 1 aromatic heterocycles. The van der Waals surface area contributed by atoms with Gasteiger partial charge in [0.1, 0.15) is 10.6 Å². The van der Waals surface area contributed by atoms with Crippen LogP contribution in [0.2, 0.25) is 0 Å². The number of carboxylic acid groups (broad SMARTS) is 1. The lowest BCUT2D eigenvalue weighted by Gasteiger charge is -2.28. The predicted molar refractivity (Wildman–Crippen MR) is 73.1 cm³/mol. The van der Waals surface area contributed by atoms with Crippen molar-refractivity contribution in [1.29, 1.82) is 0 Å². The van der Waals surface area contributed by atoms with Gasteiger partial charge >= 0.3 is 5.97 Å². The lowest BCUT2D eigenvalue weighted by molar-refractivity contribution is 0.0685. The maximum absolute atomic E-state index is 12.2. The Bertz CT molecular complexity index is 601. The van der Waals surface area contributed by atoms with Crippen molar-refractivity contribution >= 4 is 16.0 Å². The van der Waals surface area contributed by atoms with Crippen LogP contribution >= 0.6 is 0 Å². The molecule has 0 spiro atoms. The van der Waals surface area contributed by atoms with Crippen LogP contribution in [0.25, 0.3) is 0 Å². The molecule has 8 heteroatoms. The van der Waals surface area contributed by atoms with Crippen LogP contribution in [0.3, 0.4) is 0 Å². The van der Waals surface area contributed by atoms with Gasteiger partial charge in [0.05, 0.1) is 11.6 Å². The summed E-state index contributed by atoms with van der Waals surface area (Å²) in [6.07, 6.45) is 0.369. The van der Waals surface area contributed by atoms with E-state index in [0.29, 0.717) is 6.54 Å². The molecule has 7 nitrogen and oxygen atoms in total. The molecule has 20 heavy (non-hydrogen) atoms. The number of rotatable bonds is 6. The highest BCUT2D eigenvalue weighted by Crippen LogP contribution is 2.18. The highest BCUT2D eigenvalue weighted by molar-refractivity contribution is 7.89. The second-order valence-electron chi connectivity index (χ2n) is 5.16. The molecular formula is C12H20N2O5S. The van der Waals surface area contributed by atoms with Crippen LogP contribution in [-0.4, -0.2) is 40.8 Å². The number of nitrogens with zero attached hydrogens (tertiary/aromatic N) is 1. The first-order chi connectivity index (χ1) is 9.01. The number of aliphatic hydroxyl groups excluding tert-OH is 1. The molecular weight excluding hydrogens is 284 g/mol. The predicted octanol–water partition coefficient (Wildman–Crippen LogP) is 0.644. The van der Waals surface area contributed by atoms with E-state index in [1.807, 2.05) is 0 Å². The van der Waals surface area contributed by atoms with Crippen LogP contribution in [0.5, 0.6) is 0 Å². The molecule has 0 radical (unpaired) electrons. The van der Waals surface area contributed by atoms with Gasteiger partial charge < -0.3 is 14.8 Å². The zero-order chi connectivity index (χ0) is 15.7. The van der Waals surface area contributed by atoms with Gasteiger partial charge in [-0.15, -0.1) is 0 Å². The molecule has 0 saturated heterocycles. The number of hydrogen-bond acceptors (Lipinski definition) is 4. The first kappa shape index (κ1) is 16.7. The van der Waals surface area contributed by atoms with Crippen molar-refractivity contribution < 1.29 is 23.4 Å². The molecule has 1 aromatic rings. The van der Waals surface area contributed by atoms with Gasteiger partial charge in [0.25, 0.3) is 0 Å². The molecule has 0 saturated carbocycles. The summed E-state index contributed by atoms with van der Waals surface area (Å²) in [5.41, 5.74) is -1.15. The van der Waals surface area contributed by atoms with Crippen molar-refractivity contribution in [2.75, 3.05) is 0 Å². The van der Waals surface area contributed by atoms with E-state index in [1.54, 1.807) is 20.8 Å². The Morgan fingerprint density at radius 3 is 2.40 bits per heavy atom. The van der Waals surface area contributed by atoms with Crippen LogP contribution in [0.1, 0.15) is 38.2 Å². The third-order valence-electron chi connectivity index (χ3n) is 3.18. The zero-order valence-electron chi connectivity index (χ0n) is 11.9. The molecule has 0 fully saturated rings. The Labute approximate surface area is 118 Å². The lowest BCUT2D eigenvalue weighted by atomic mass is 10.0. The monoisotopic (exact) mass is 304 g/mol. The number of aromatic carboxylic acids is 1. The van der Waals surface area contributed by atoms with Crippen LogP contribution in [0.15, 0.2) is 17.2 Å². The van der Waals surface area contributed by atoms with Crippen molar-refractivity contribution in [3.8, 4) is 0 Å². The molecule has 0 aliphatic carbocycles. The minimum Gasteiger partial charge on any atom is -0.477 e. The summed E-state index contributed by atoms with van der Waals surface area (Å²) in [5, 5.41) is 18.6. The summed E-state index contributed by atoms with van der Waals surface area (Å²) in [6.45, 7) is 6.63. The van der Waals surface area contributed by atoms with Crippen molar-refractivity contribution in [2.45, 2.75) is 50.8 Å². The van der Waals surface area contributed by atoms with Crippen molar-refractivity contribution in [3.63, 3.8) is 0 Å². The number of carbonyl (C=O) groups is 1. The first-order valence-corrected chi connectivity index (χ1v) is 7.65. The Balaban J connectivity index is 3.20. The average Bonchev–Trinajstić information content (AvgIpc) is 2.71. The van der Waals surface area contributed by atoms with Gasteiger partial charge in [-0.25, -0.2) is 17.9 Å². The highest BCUT2D eigenvalue weighted by Gasteiger charge is 2.31. The Morgan fingerprint density at radius 2 is 2.05 bits per heavy atom. The summed E-state index contributed by atoms with van der Waals surface area (Å²) in [7, 11) is -3.90. The summed E-state index contributed by atoms with van der Waals surface area (Å²) in [4.78, 5) is 10.9. The normalized spacial score (nSPS) is 14.2. The molecule has 0 aliphatic rings. The van der Waals surface area contributed by atoms with Gasteiger partial charge in [-0.2, -0.15) is 0 Å². The third kappa shape index (κ3) is 3.38. The Morgan fingerprint density at radius 1 is 1.50 bits per heavy atom. The van der Waals surface area contributed by atoms with E-state index in [0.717, 1.165) is 6.07 Å². The second-order valence-corrected chi connectivity index (χ2v) is 6.84. The van der Waals surface area contributed by atoms with E-state index in [1.165, 1.54) is 17.7 Å². The average molecular weight is 304 g/mol. The highest BCUT2D eigenvalue weighted by atomic mass is 32.2. The summed E-state index contributed by atoms with van der Waals surface area (Å²) < 4.78 is 28.2. The molecule has 1 rings (SSSR count). The number of hydrogen-bond donors (Lipinski definition) is 3. The molecule has 1 atom stereocenters. The third-order valence-corrected chi connectivity index (χ3v) is 4.82. The number of nitrogens with one attached hydrogen (secondary N) is 1. The minimum absolute atomic E-state index is 0.0947. The Kier molecular flexibility index (Phi) is 4.62. The molecule has 114 valence electrons. The fourth-order valence-corrected chi connectivity index (χ4v) is 3.08. The molecule has 0 aromatic carbocycles. The van der Waals surface area contributed by atoms with E-state index < -0.39 is 27.6 Å². The van der Waals surface area contributed by atoms with Gasteiger partial charge in [-0.1, -0.05) is 0 Å². The maximum atomic E-state index is 12.2. The van der Waals surface area contributed by atoms with Gasteiger partial charge in [-0.3, -0.25) is 0 Å². The van der Waals surface area contributed by atoms with Crippen molar-refractivity contribution in [3.05, 3.63) is 18.0 Å². The first-order valence-electron chi connectivity index (χ1n) is 6.16. The fraction of sp³-hybridized carbons (Fsp3) is 0.583. The van der Waals surface area contributed by atoms with Crippen LogP contribution in [0, 0.1) is 0 Å². The second kappa shape index (κ2) is 5.55. The number of aliphatic hydroxyl groups is 1. The van der Waals surface area contributed by atoms with Gasteiger partial charge in [0, 0.05) is 12.7 Å². The summed E-state index contributed by atoms with van der Waals surface area (Å²) in [5.74, 6) is -1.19. The topological polar surface area (TPSA) is 109 Å². The Hall–Kier alpha value is -1.38. The molecule has 1 heterocycles. The van der Waals surface area contributed by atoms with E-state index in [4.69, 9.17) is 5.11 Å². The van der Waals surface area contributed by atoms with Crippen LogP contribution in [-0.2, 0) is 16.6 Å². The fourth-order valence-electron chi connectivity index (χ4n) is 1.56. The smallest absolute Gasteiger partial charge is 0.352 e. The van der Waals surface area contributed by atoms with E-state index in [9.17, 15) is 18.3 Å². The summed E-state index contributed by atoms with van der Waals surface area (Å²) >= 11 is 0. The van der Waals surface area contributed by atoms with Crippen molar-refractivity contribution in [2.24, 2.45) is 0 Å². The standard InChI is InChI=1S/C12H20N2O5S/c1-5-14-7-9(6-10(14)11(16)17)20(18,19)13-12(3,4)8(2)15/h6-8,13,15H,5H2,1-4H3,(H,16,17). The zero-order valence-corrected chi connectivity index (χ0v) is 12.7. The van der Waals surface area contributed by atoms with Crippen LogP contribution < -0.4 is 4.72 Å². The maximum Gasteiger partial charge on any atom is 0.352 e. The summed E-state index contributed by atoms with van der Waals surface area (Å²) in [6, 6.07) is 1.10. The van der Waals surface area contributed by atoms with Gasteiger partial charge in [-0.05, 0) is 33.8 Å². The number of sulfonamides is 1.